The molecule has 5 nitrogen and oxygen atoms in total. The van der Waals surface area contributed by atoms with Crippen LogP contribution in [0.25, 0.3) is 0 Å². The Morgan fingerprint density at radius 3 is 2.19 bits per heavy atom. The minimum Gasteiger partial charge on any atom is -0.337 e. The van der Waals surface area contributed by atoms with Gasteiger partial charge in [-0.15, -0.1) is 11.3 Å². The van der Waals surface area contributed by atoms with Gasteiger partial charge in [0.25, 0.3) is 15.9 Å². The first-order valence-corrected chi connectivity index (χ1v) is 10.6. The lowest BCUT2D eigenvalue weighted by atomic mass is 10.1. The fourth-order valence-electron chi connectivity index (χ4n) is 2.65. The van der Waals surface area contributed by atoms with Crippen LogP contribution < -0.4 is 4.31 Å². The normalized spacial score (nSPS) is 11.2. The number of hydrogen-bond donors (Lipinski definition) is 0. The Morgan fingerprint density at radius 2 is 1.59 bits per heavy atom. The van der Waals surface area contributed by atoms with Gasteiger partial charge in [-0.1, -0.05) is 36.4 Å². The van der Waals surface area contributed by atoms with Crippen molar-refractivity contribution in [3.8, 4) is 0 Å². The number of amides is 1. The Kier molecular flexibility index (Phi) is 5.62. The predicted octanol–water partition coefficient (Wildman–Crippen LogP) is 3.85. The summed E-state index contributed by atoms with van der Waals surface area (Å²) in [4.78, 5) is 14.2. The van der Waals surface area contributed by atoms with Gasteiger partial charge in [0.15, 0.2) is 0 Å². The van der Waals surface area contributed by atoms with Crippen LogP contribution in [-0.2, 0) is 16.6 Å². The van der Waals surface area contributed by atoms with Gasteiger partial charge < -0.3 is 4.90 Å². The van der Waals surface area contributed by atoms with Gasteiger partial charge >= 0.3 is 0 Å². The SMILES string of the molecule is CN(Cc1ccccc1)C(=O)c1ccc(N(C)S(=O)(=O)c2cccs2)cc1. The fourth-order valence-corrected chi connectivity index (χ4v) is 5.00. The maximum atomic E-state index is 12.6. The number of anilines is 1. The second-order valence-electron chi connectivity index (χ2n) is 6.10. The number of rotatable bonds is 6. The molecule has 0 spiro atoms. The van der Waals surface area contributed by atoms with Gasteiger partial charge in [0.1, 0.15) is 4.21 Å². The molecule has 0 aliphatic rings. The second kappa shape index (κ2) is 7.94. The van der Waals surface area contributed by atoms with E-state index in [-0.39, 0.29) is 10.1 Å². The van der Waals surface area contributed by atoms with Crippen molar-refractivity contribution >= 4 is 33.0 Å². The molecule has 3 aromatic rings. The first kappa shape index (κ1) is 19.1. The molecule has 1 amide bonds. The maximum Gasteiger partial charge on any atom is 0.273 e. The van der Waals surface area contributed by atoms with Gasteiger partial charge in [0.2, 0.25) is 0 Å². The smallest absolute Gasteiger partial charge is 0.273 e. The van der Waals surface area contributed by atoms with Crippen molar-refractivity contribution in [2.75, 3.05) is 18.4 Å². The molecular weight excluding hydrogens is 380 g/mol. The molecule has 0 unspecified atom stereocenters. The molecule has 0 fully saturated rings. The number of sulfonamides is 1. The van der Waals surface area contributed by atoms with Gasteiger partial charge in [0.05, 0.1) is 5.69 Å². The van der Waals surface area contributed by atoms with Gasteiger partial charge in [0, 0.05) is 26.2 Å². The summed E-state index contributed by atoms with van der Waals surface area (Å²) in [5.41, 5.74) is 2.07. The standard InChI is InChI=1S/C20H20N2O3S2/c1-21(15-16-7-4-3-5-8-16)20(23)17-10-12-18(13-11-17)22(2)27(24,25)19-9-6-14-26-19/h3-14H,15H2,1-2H3. The quantitative estimate of drug-likeness (QED) is 0.632. The third-order valence-electron chi connectivity index (χ3n) is 4.20. The molecule has 0 bridgehead atoms. The van der Waals surface area contributed by atoms with Crippen LogP contribution in [0.5, 0.6) is 0 Å². The van der Waals surface area contributed by atoms with Gasteiger partial charge in [-0.05, 0) is 41.3 Å². The molecule has 0 saturated carbocycles. The van der Waals surface area contributed by atoms with Crippen LogP contribution in [-0.4, -0.2) is 33.3 Å². The van der Waals surface area contributed by atoms with Crippen LogP contribution in [0.3, 0.4) is 0 Å². The highest BCUT2D eigenvalue weighted by Gasteiger charge is 2.22. The molecule has 27 heavy (non-hydrogen) atoms. The van der Waals surface area contributed by atoms with Crippen molar-refractivity contribution in [3.63, 3.8) is 0 Å². The molecule has 7 heteroatoms. The number of carbonyl (C=O) groups is 1. The van der Waals surface area contributed by atoms with E-state index in [4.69, 9.17) is 0 Å². The van der Waals surface area contributed by atoms with Crippen LogP contribution in [0, 0.1) is 0 Å². The van der Waals surface area contributed by atoms with Crippen LogP contribution in [0.15, 0.2) is 76.3 Å². The zero-order chi connectivity index (χ0) is 19.4. The molecule has 3 rings (SSSR count). The summed E-state index contributed by atoms with van der Waals surface area (Å²) in [5, 5.41) is 1.73. The van der Waals surface area contributed by atoms with Crippen molar-refractivity contribution in [1.82, 2.24) is 4.90 Å². The lowest BCUT2D eigenvalue weighted by molar-refractivity contribution is 0.0785. The van der Waals surface area contributed by atoms with Crippen LogP contribution in [0.2, 0.25) is 0 Å². The van der Waals surface area contributed by atoms with Crippen molar-refractivity contribution < 1.29 is 13.2 Å². The monoisotopic (exact) mass is 400 g/mol. The summed E-state index contributed by atoms with van der Waals surface area (Å²) in [5.74, 6) is -0.117. The Morgan fingerprint density at radius 1 is 0.926 bits per heavy atom. The highest BCUT2D eigenvalue weighted by Crippen LogP contribution is 2.25. The van der Waals surface area contributed by atoms with E-state index in [1.165, 1.54) is 22.7 Å². The predicted molar refractivity (Wildman–Crippen MR) is 109 cm³/mol. The summed E-state index contributed by atoms with van der Waals surface area (Å²) in [6.07, 6.45) is 0. The lowest BCUT2D eigenvalue weighted by Crippen LogP contribution is -2.27. The number of nitrogens with zero attached hydrogens (tertiary/aromatic N) is 2. The molecule has 1 heterocycles. The fraction of sp³-hybridized carbons (Fsp3) is 0.150. The van der Waals surface area contributed by atoms with Crippen molar-refractivity contribution in [3.05, 3.63) is 83.2 Å². The molecule has 140 valence electrons. The zero-order valence-electron chi connectivity index (χ0n) is 15.1. The summed E-state index contributed by atoms with van der Waals surface area (Å²) in [6.45, 7) is 0.508. The van der Waals surface area contributed by atoms with E-state index in [2.05, 4.69) is 0 Å². The van der Waals surface area contributed by atoms with E-state index < -0.39 is 10.0 Å². The van der Waals surface area contributed by atoms with E-state index in [9.17, 15) is 13.2 Å². The largest absolute Gasteiger partial charge is 0.337 e. The number of benzene rings is 2. The molecular formula is C20H20N2O3S2. The van der Waals surface area contributed by atoms with E-state index in [1.807, 2.05) is 30.3 Å². The van der Waals surface area contributed by atoms with Crippen LogP contribution in [0.1, 0.15) is 15.9 Å². The maximum absolute atomic E-state index is 12.6. The molecule has 0 atom stereocenters. The van der Waals surface area contributed by atoms with Crippen LogP contribution in [0.4, 0.5) is 5.69 Å². The third-order valence-corrected chi connectivity index (χ3v) is 7.36. The van der Waals surface area contributed by atoms with Crippen molar-refractivity contribution in [1.29, 1.82) is 0 Å². The Hall–Kier alpha value is -2.64. The van der Waals surface area contributed by atoms with Gasteiger partial charge in [-0.25, -0.2) is 8.42 Å². The zero-order valence-corrected chi connectivity index (χ0v) is 16.7. The third kappa shape index (κ3) is 4.20. The molecule has 0 aliphatic heterocycles. The van der Waals surface area contributed by atoms with Gasteiger partial charge in [-0.3, -0.25) is 9.10 Å². The molecule has 2 aromatic carbocycles. The number of carbonyl (C=O) groups excluding carboxylic acids is 1. The molecule has 0 aliphatic carbocycles. The Balaban J connectivity index is 1.74. The summed E-state index contributed by atoms with van der Waals surface area (Å²) in [6, 6.07) is 19.6. The average Bonchev–Trinajstić information content (AvgIpc) is 3.23. The highest BCUT2D eigenvalue weighted by atomic mass is 32.2. The first-order valence-electron chi connectivity index (χ1n) is 8.31. The molecule has 0 radical (unpaired) electrons. The first-order chi connectivity index (χ1) is 12.9. The number of hydrogen-bond acceptors (Lipinski definition) is 4. The van der Waals surface area contributed by atoms with Crippen molar-refractivity contribution in [2.45, 2.75) is 10.8 Å². The summed E-state index contributed by atoms with van der Waals surface area (Å²) >= 11 is 1.18. The number of thiophene rings is 1. The second-order valence-corrected chi connectivity index (χ2v) is 9.24. The van der Waals surface area contributed by atoms with Crippen LogP contribution >= 0.6 is 11.3 Å². The summed E-state index contributed by atoms with van der Waals surface area (Å²) < 4.78 is 26.7. The minimum atomic E-state index is -3.58. The molecule has 1 aromatic heterocycles. The molecule has 0 N–H and O–H groups in total. The summed E-state index contributed by atoms with van der Waals surface area (Å²) in [7, 11) is -0.328. The highest BCUT2D eigenvalue weighted by molar-refractivity contribution is 7.94. The van der Waals surface area contributed by atoms with E-state index >= 15 is 0 Å². The topological polar surface area (TPSA) is 57.7 Å². The van der Waals surface area contributed by atoms with E-state index in [0.717, 1.165) is 5.56 Å². The minimum absolute atomic E-state index is 0.117. The lowest BCUT2D eigenvalue weighted by Gasteiger charge is -2.20. The van der Waals surface area contributed by atoms with Gasteiger partial charge in [-0.2, -0.15) is 0 Å². The average molecular weight is 401 g/mol. The molecule has 0 saturated heterocycles. The van der Waals surface area contributed by atoms with Crippen molar-refractivity contribution in [2.24, 2.45) is 0 Å². The van der Waals surface area contributed by atoms with E-state index in [1.54, 1.807) is 53.7 Å². The Bertz CT molecular complexity index is 999. The van der Waals surface area contributed by atoms with E-state index in [0.29, 0.717) is 17.8 Å². The Labute approximate surface area is 163 Å².